The molecular formula is C13H13NO. The molecule has 1 aliphatic rings. The molecule has 0 unspecified atom stereocenters. The number of benzene rings is 1. The normalized spacial score (nSPS) is 16.5. The van der Waals surface area contributed by atoms with Crippen molar-refractivity contribution >= 4 is 17.2 Å². The molecule has 0 bridgehead atoms. The maximum atomic E-state index is 11.0. The summed E-state index contributed by atoms with van der Waals surface area (Å²) >= 11 is 0. The van der Waals surface area contributed by atoms with Gasteiger partial charge in [0.1, 0.15) is 0 Å². The monoisotopic (exact) mass is 199 g/mol. The first-order valence-corrected chi connectivity index (χ1v) is 5.45. The maximum Gasteiger partial charge on any atom is 0.166 e. The highest BCUT2D eigenvalue weighted by atomic mass is 16.1. The van der Waals surface area contributed by atoms with E-state index in [0.29, 0.717) is 6.04 Å². The van der Waals surface area contributed by atoms with Gasteiger partial charge in [-0.2, -0.15) is 0 Å². The van der Waals surface area contributed by atoms with E-state index in [0.717, 1.165) is 12.0 Å². The van der Waals surface area contributed by atoms with Gasteiger partial charge in [-0.25, -0.2) is 0 Å². The topological polar surface area (TPSA) is 22.0 Å². The molecule has 3 rings (SSSR count). The number of aromatic nitrogens is 1. The van der Waals surface area contributed by atoms with Crippen molar-refractivity contribution in [3.05, 3.63) is 36.0 Å². The first-order chi connectivity index (χ1) is 7.40. The van der Waals surface area contributed by atoms with Gasteiger partial charge in [-0.05, 0) is 31.4 Å². The quantitative estimate of drug-likeness (QED) is 0.681. The number of rotatable bonds is 2. The van der Waals surface area contributed by atoms with Gasteiger partial charge in [-0.15, -0.1) is 0 Å². The van der Waals surface area contributed by atoms with Gasteiger partial charge in [0.25, 0.3) is 0 Å². The number of fused-ring (bicyclic) bond motifs is 1. The van der Waals surface area contributed by atoms with Gasteiger partial charge in [0.15, 0.2) is 6.29 Å². The van der Waals surface area contributed by atoms with Crippen molar-refractivity contribution in [3.8, 4) is 0 Å². The van der Waals surface area contributed by atoms with Crippen molar-refractivity contribution in [3.63, 3.8) is 0 Å². The van der Waals surface area contributed by atoms with Gasteiger partial charge < -0.3 is 4.57 Å². The summed E-state index contributed by atoms with van der Waals surface area (Å²) in [5.74, 6) is 0. The fraction of sp³-hybridized carbons (Fsp3) is 0.308. The first kappa shape index (κ1) is 8.72. The van der Waals surface area contributed by atoms with Crippen LogP contribution < -0.4 is 0 Å². The summed E-state index contributed by atoms with van der Waals surface area (Å²) in [6, 6.07) is 10.7. The van der Waals surface area contributed by atoms with Crippen molar-refractivity contribution in [2.45, 2.75) is 25.3 Å². The van der Waals surface area contributed by atoms with Gasteiger partial charge in [0.2, 0.25) is 0 Å². The fourth-order valence-corrected chi connectivity index (χ4v) is 2.34. The van der Waals surface area contributed by atoms with Crippen molar-refractivity contribution < 1.29 is 4.79 Å². The highest BCUT2D eigenvalue weighted by Crippen LogP contribution is 2.35. The number of carbonyl (C=O) groups is 1. The standard InChI is InChI=1S/C13H13NO/c15-9-12-8-10-4-1-2-7-13(10)14(12)11-5-3-6-11/h1-2,4,7-9,11H,3,5-6H2. The lowest BCUT2D eigenvalue weighted by atomic mass is 9.92. The second kappa shape index (κ2) is 3.23. The van der Waals surface area contributed by atoms with Crippen LogP contribution in [0.1, 0.15) is 35.8 Å². The third kappa shape index (κ3) is 1.21. The van der Waals surface area contributed by atoms with Crippen LogP contribution in [-0.4, -0.2) is 10.9 Å². The number of hydrogen-bond acceptors (Lipinski definition) is 1. The van der Waals surface area contributed by atoms with Crippen LogP contribution in [0.5, 0.6) is 0 Å². The van der Waals surface area contributed by atoms with E-state index in [2.05, 4.69) is 16.7 Å². The van der Waals surface area contributed by atoms with Crippen molar-refractivity contribution in [1.29, 1.82) is 0 Å². The molecule has 0 atom stereocenters. The molecule has 1 aromatic carbocycles. The lowest BCUT2D eigenvalue weighted by molar-refractivity contribution is 0.111. The van der Waals surface area contributed by atoms with Gasteiger partial charge in [0, 0.05) is 16.9 Å². The number of carbonyl (C=O) groups excluding carboxylic acids is 1. The van der Waals surface area contributed by atoms with E-state index in [-0.39, 0.29) is 0 Å². The molecule has 0 amide bonds. The van der Waals surface area contributed by atoms with Crippen LogP contribution in [0.4, 0.5) is 0 Å². The molecule has 0 aliphatic heterocycles. The molecule has 2 nitrogen and oxygen atoms in total. The van der Waals surface area contributed by atoms with Crippen LogP contribution in [0, 0.1) is 0 Å². The summed E-state index contributed by atoms with van der Waals surface area (Å²) in [5.41, 5.74) is 2.02. The number of para-hydroxylation sites is 1. The molecule has 1 fully saturated rings. The Hall–Kier alpha value is -1.57. The molecule has 76 valence electrons. The van der Waals surface area contributed by atoms with Crippen molar-refractivity contribution in [1.82, 2.24) is 4.57 Å². The summed E-state index contributed by atoms with van der Waals surface area (Å²) in [4.78, 5) is 11.0. The molecule has 1 heterocycles. The Morgan fingerprint density at radius 1 is 1.27 bits per heavy atom. The third-order valence-corrected chi connectivity index (χ3v) is 3.34. The highest BCUT2D eigenvalue weighted by Gasteiger charge is 2.22. The lowest BCUT2D eigenvalue weighted by Crippen LogP contribution is -2.18. The highest BCUT2D eigenvalue weighted by molar-refractivity contribution is 5.89. The van der Waals surface area contributed by atoms with Gasteiger partial charge in [-0.3, -0.25) is 4.79 Å². The minimum atomic E-state index is 0.546. The average Bonchev–Trinajstić information content (AvgIpc) is 2.55. The molecule has 2 heteroatoms. The SMILES string of the molecule is O=Cc1cc2ccccc2n1C1CCC1. The Bertz CT molecular complexity index is 508. The Kier molecular flexibility index (Phi) is 1.88. The summed E-state index contributed by atoms with van der Waals surface area (Å²) in [6.45, 7) is 0. The Labute approximate surface area is 88.5 Å². The van der Waals surface area contributed by atoms with Crippen molar-refractivity contribution in [2.75, 3.05) is 0 Å². The van der Waals surface area contributed by atoms with Gasteiger partial charge >= 0.3 is 0 Å². The van der Waals surface area contributed by atoms with E-state index in [1.54, 1.807) is 0 Å². The Balaban J connectivity index is 2.26. The molecule has 0 radical (unpaired) electrons. The predicted molar refractivity (Wildman–Crippen MR) is 60.2 cm³/mol. The van der Waals surface area contributed by atoms with Crippen LogP contribution in [0.25, 0.3) is 10.9 Å². The molecule has 0 N–H and O–H groups in total. The molecule has 1 aliphatic carbocycles. The molecule has 1 aromatic heterocycles. The zero-order valence-corrected chi connectivity index (χ0v) is 8.52. The fourth-order valence-electron chi connectivity index (χ4n) is 2.34. The van der Waals surface area contributed by atoms with Crippen LogP contribution in [0.15, 0.2) is 30.3 Å². The van der Waals surface area contributed by atoms with Gasteiger partial charge in [-0.1, -0.05) is 18.2 Å². The van der Waals surface area contributed by atoms with Crippen LogP contribution >= 0.6 is 0 Å². The molecule has 1 saturated carbocycles. The third-order valence-electron chi connectivity index (χ3n) is 3.34. The van der Waals surface area contributed by atoms with Crippen LogP contribution in [0.3, 0.4) is 0 Å². The molecule has 2 aromatic rings. The largest absolute Gasteiger partial charge is 0.335 e. The number of hydrogen-bond donors (Lipinski definition) is 0. The molecule has 0 saturated heterocycles. The van der Waals surface area contributed by atoms with Gasteiger partial charge in [0.05, 0.1) is 5.69 Å². The average molecular weight is 199 g/mol. The first-order valence-electron chi connectivity index (χ1n) is 5.45. The van der Waals surface area contributed by atoms with Crippen molar-refractivity contribution in [2.24, 2.45) is 0 Å². The lowest BCUT2D eigenvalue weighted by Gasteiger charge is -2.29. The Morgan fingerprint density at radius 3 is 2.73 bits per heavy atom. The summed E-state index contributed by atoms with van der Waals surface area (Å²) in [7, 11) is 0. The number of aldehydes is 1. The van der Waals surface area contributed by atoms with Crippen LogP contribution in [0.2, 0.25) is 0 Å². The zero-order chi connectivity index (χ0) is 10.3. The molecule has 0 spiro atoms. The van der Waals surface area contributed by atoms with E-state index < -0.39 is 0 Å². The summed E-state index contributed by atoms with van der Waals surface area (Å²) in [5, 5.41) is 1.17. The van der Waals surface area contributed by atoms with E-state index in [4.69, 9.17) is 0 Å². The second-order valence-corrected chi connectivity index (χ2v) is 4.20. The summed E-state index contributed by atoms with van der Waals surface area (Å²) < 4.78 is 2.20. The molecule has 15 heavy (non-hydrogen) atoms. The van der Waals surface area contributed by atoms with E-state index in [1.807, 2.05) is 18.2 Å². The smallest absolute Gasteiger partial charge is 0.166 e. The van der Waals surface area contributed by atoms with E-state index in [1.165, 1.54) is 30.2 Å². The molecular weight excluding hydrogens is 186 g/mol. The van der Waals surface area contributed by atoms with E-state index >= 15 is 0 Å². The second-order valence-electron chi connectivity index (χ2n) is 4.20. The maximum absolute atomic E-state index is 11.0. The summed E-state index contributed by atoms with van der Waals surface area (Å²) in [6.07, 6.45) is 4.67. The predicted octanol–water partition coefficient (Wildman–Crippen LogP) is 3.18. The zero-order valence-electron chi connectivity index (χ0n) is 8.52. The van der Waals surface area contributed by atoms with E-state index in [9.17, 15) is 4.79 Å². The minimum Gasteiger partial charge on any atom is -0.335 e. The van der Waals surface area contributed by atoms with Crippen LogP contribution in [-0.2, 0) is 0 Å². The Morgan fingerprint density at radius 2 is 2.07 bits per heavy atom. The minimum absolute atomic E-state index is 0.546. The number of nitrogens with zero attached hydrogens (tertiary/aromatic N) is 1.